The molecule has 2 atom stereocenters. The molecule has 1 nitrogen and oxygen atoms in total. The second-order valence-corrected chi connectivity index (χ2v) is 3.50. The molecular weight excluding hydrogens is 174 g/mol. The lowest BCUT2D eigenvalue weighted by atomic mass is 9.87. The first-order chi connectivity index (χ1) is 6.07. The Labute approximate surface area is 77.1 Å². The van der Waals surface area contributed by atoms with Crippen LogP contribution in [0.4, 0.5) is 8.78 Å². The zero-order valence-corrected chi connectivity index (χ0v) is 8.05. The number of halogens is 2. The number of rotatable bonds is 2. The highest BCUT2D eigenvalue weighted by Gasteiger charge is 2.31. The number of methoxy groups -OCH3 is 1. The highest BCUT2D eigenvalue weighted by atomic mass is 19.2. The number of hydrogen-bond donors (Lipinski definition) is 0. The summed E-state index contributed by atoms with van der Waals surface area (Å²) in [5, 5.41) is 0. The average molecular weight is 188 g/mol. The fourth-order valence-corrected chi connectivity index (χ4v) is 1.41. The normalized spacial score (nSPS) is 28.5. The molecule has 0 aromatic carbocycles. The molecule has 0 fully saturated rings. The van der Waals surface area contributed by atoms with Gasteiger partial charge in [0.1, 0.15) is 0 Å². The molecule has 0 saturated heterocycles. The van der Waals surface area contributed by atoms with Crippen molar-refractivity contribution in [3.05, 3.63) is 23.7 Å². The Morgan fingerprint density at radius 1 is 1.46 bits per heavy atom. The lowest BCUT2D eigenvalue weighted by Crippen LogP contribution is -2.23. The molecule has 0 N–H and O–H groups in total. The van der Waals surface area contributed by atoms with Crippen molar-refractivity contribution >= 4 is 0 Å². The molecule has 1 aliphatic carbocycles. The SMILES string of the molecule is COC1=C(F)C(F)C(C(C)C)C=C1. The number of allylic oxidation sites excluding steroid dienone is 3. The highest BCUT2D eigenvalue weighted by molar-refractivity contribution is 5.26. The standard InChI is InChI=1S/C10H14F2O/c1-6(2)7-4-5-8(13-3)10(12)9(7)11/h4-7,9H,1-3H3. The highest BCUT2D eigenvalue weighted by Crippen LogP contribution is 2.32. The van der Waals surface area contributed by atoms with Gasteiger partial charge in [0.25, 0.3) is 0 Å². The van der Waals surface area contributed by atoms with Gasteiger partial charge in [0.2, 0.25) is 0 Å². The third-order valence-corrected chi connectivity index (χ3v) is 2.27. The minimum Gasteiger partial charge on any atom is -0.494 e. The van der Waals surface area contributed by atoms with E-state index in [0.29, 0.717) is 0 Å². The van der Waals surface area contributed by atoms with Crippen LogP contribution in [0.25, 0.3) is 0 Å². The van der Waals surface area contributed by atoms with E-state index in [1.165, 1.54) is 13.2 Å². The van der Waals surface area contributed by atoms with Crippen LogP contribution in [-0.2, 0) is 4.74 Å². The molecule has 0 bridgehead atoms. The molecule has 3 heteroatoms. The Hall–Kier alpha value is -0.860. The minimum absolute atomic E-state index is 0.00407. The van der Waals surface area contributed by atoms with Crippen LogP contribution in [0.5, 0.6) is 0 Å². The zero-order chi connectivity index (χ0) is 10.0. The van der Waals surface area contributed by atoms with Gasteiger partial charge in [-0.2, -0.15) is 0 Å². The van der Waals surface area contributed by atoms with Crippen molar-refractivity contribution in [2.75, 3.05) is 7.11 Å². The van der Waals surface area contributed by atoms with E-state index in [9.17, 15) is 8.78 Å². The van der Waals surface area contributed by atoms with E-state index < -0.39 is 12.0 Å². The lowest BCUT2D eigenvalue weighted by molar-refractivity contribution is 0.191. The summed E-state index contributed by atoms with van der Waals surface area (Å²) in [4.78, 5) is 0. The molecule has 0 spiro atoms. The van der Waals surface area contributed by atoms with Crippen molar-refractivity contribution in [3.8, 4) is 0 Å². The molecular formula is C10H14F2O. The smallest absolute Gasteiger partial charge is 0.176 e. The van der Waals surface area contributed by atoms with E-state index in [-0.39, 0.29) is 17.6 Å². The van der Waals surface area contributed by atoms with Crippen LogP contribution in [0.1, 0.15) is 13.8 Å². The third kappa shape index (κ3) is 1.90. The van der Waals surface area contributed by atoms with Gasteiger partial charge < -0.3 is 4.74 Å². The van der Waals surface area contributed by atoms with E-state index in [2.05, 4.69) is 4.74 Å². The summed E-state index contributed by atoms with van der Waals surface area (Å²) in [6.07, 6.45) is 1.60. The van der Waals surface area contributed by atoms with Gasteiger partial charge >= 0.3 is 0 Å². The van der Waals surface area contributed by atoms with Crippen molar-refractivity contribution < 1.29 is 13.5 Å². The Kier molecular flexibility index (Phi) is 3.07. The van der Waals surface area contributed by atoms with Crippen LogP contribution in [0.15, 0.2) is 23.7 Å². The molecule has 0 aliphatic heterocycles. The van der Waals surface area contributed by atoms with Crippen molar-refractivity contribution in [3.63, 3.8) is 0 Å². The Morgan fingerprint density at radius 3 is 2.54 bits per heavy atom. The van der Waals surface area contributed by atoms with Gasteiger partial charge in [-0.3, -0.25) is 0 Å². The van der Waals surface area contributed by atoms with Crippen LogP contribution in [0.2, 0.25) is 0 Å². The van der Waals surface area contributed by atoms with Gasteiger partial charge in [0.05, 0.1) is 7.11 Å². The van der Waals surface area contributed by atoms with Crippen LogP contribution >= 0.6 is 0 Å². The number of ether oxygens (including phenoxy) is 1. The predicted molar refractivity (Wildman–Crippen MR) is 47.5 cm³/mol. The van der Waals surface area contributed by atoms with Gasteiger partial charge in [0.15, 0.2) is 17.8 Å². The van der Waals surface area contributed by atoms with Crippen molar-refractivity contribution in [2.45, 2.75) is 20.0 Å². The van der Waals surface area contributed by atoms with E-state index in [0.717, 1.165) is 0 Å². The fraction of sp³-hybridized carbons (Fsp3) is 0.600. The van der Waals surface area contributed by atoms with Crippen LogP contribution in [-0.4, -0.2) is 13.3 Å². The molecule has 0 aromatic heterocycles. The minimum atomic E-state index is -1.56. The van der Waals surface area contributed by atoms with Gasteiger partial charge in [-0.25, -0.2) is 8.78 Å². The molecule has 1 aliphatic rings. The zero-order valence-electron chi connectivity index (χ0n) is 8.05. The van der Waals surface area contributed by atoms with Gasteiger partial charge in [-0.1, -0.05) is 19.9 Å². The van der Waals surface area contributed by atoms with Crippen molar-refractivity contribution in [1.82, 2.24) is 0 Å². The average Bonchev–Trinajstić information content (AvgIpc) is 2.09. The monoisotopic (exact) mass is 188 g/mol. The molecule has 0 radical (unpaired) electrons. The summed E-state index contributed by atoms with van der Waals surface area (Å²) in [5.74, 6) is -1.07. The van der Waals surface area contributed by atoms with E-state index in [1.54, 1.807) is 6.08 Å². The molecule has 0 aromatic rings. The predicted octanol–water partition coefficient (Wildman–Crippen LogP) is 2.99. The number of alkyl halides is 1. The molecule has 74 valence electrons. The lowest BCUT2D eigenvalue weighted by Gasteiger charge is -2.24. The Balaban J connectivity index is 2.86. The molecule has 2 unspecified atom stereocenters. The summed E-state index contributed by atoms with van der Waals surface area (Å²) in [7, 11) is 1.33. The topological polar surface area (TPSA) is 9.23 Å². The van der Waals surface area contributed by atoms with E-state index in [1.807, 2.05) is 13.8 Å². The van der Waals surface area contributed by atoms with Gasteiger partial charge in [0, 0.05) is 5.92 Å². The van der Waals surface area contributed by atoms with Crippen LogP contribution < -0.4 is 0 Å². The second-order valence-electron chi connectivity index (χ2n) is 3.50. The second kappa shape index (κ2) is 3.90. The van der Waals surface area contributed by atoms with Crippen LogP contribution in [0.3, 0.4) is 0 Å². The third-order valence-electron chi connectivity index (χ3n) is 2.27. The summed E-state index contributed by atoms with van der Waals surface area (Å²) in [6.45, 7) is 3.74. The number of hydrogen-bond acceptors (Lipinski definition) is 1. The van der Waals surface area contributed by atoms with Crippen molar-refractivity contribution in [2.24, 2.45) is 11.8 Å². The Bertz CT molecular complexity index is 243. The molecule has 13 heavy (non-hydrogen) atoms. The summed E-state index contributed by atoms with van der Waals surface area (Å²) < 4.78 is 31.2. The van der Waals surface area contributed by atoms with Crippen molar-refractivity contribution in [1.29, 1.82) is 0 Å². The largest absolute Gasteiger partial charge is 0.494 e. The van der Waals surface area contributed by atoms with Crippen LogP contribution in [0, 0.1) is 11.8 Å². The maximum atomic E-state index is 13.4. The quantitative estimate of drug-likeness (QED) is 0.647. The first kappa shape index (κ1) is 10.2. The maximum absolute atomic E-state index is 13.4. The van der Waals surface area contributed by atoms with E-state index in [4.69, 9.17) is 0 Å². The first-order valence-corrected chi connectivity index (χ1v) is 4.33. The molecule has 0 amide bonds. The van der Waals surface area contributed by atoms with E-state index >= 15 is 0 Å². The molecule has 1 rings (SSSR count). The van der Waals surface area contributed by atoms with Gasteiger partial charge in [-0.15, -0.1) is 0 Å². The fourth-order valence-electron chi connectivity index (χ4n) is 1.41. The molecule has 0 heterocycles. The molecule has 0 saturated carbocycles. The summed E-state index contributed by atoms with van der Waals surface area (Å²) in [6, 6.07) is 0. The maximum Gasteiger partial charge on any atom is 0.176 e. The summed E-state index contributed by atoms with van der Waals surface area (Å²) in [5.41, 5.74) is 0. The van der Waals surface area contributed by atoms with Gasteiger partial charge in [-0.05, 0) is 12.0 Å². The summed E-state index contributed by atoms with van der Waals surface area (Å²) >= 11 is 0. The Morgan fingerprint density at radius 2 is 2.08 bits per heavy atom. The first-order valence-electron chi connectivity index (χ1n) is 4.33.